The lowest BCUT2D eigenvalue weighted by molar-refractivity contribution is 0.296. The van der Waals surface area contributed by atoms with Gasteiger partial charge < -0.3 is 0 Å². The number of nitrogens with zero attached hydrogens (tertiary/aromatic N) is 1. The van der Waals surface area contributed by atoms with E-state index in [9.17, 15) is 0 Å². The van der Waals surface area contributed by atoms with Gasteiger partial charge in [0.1, 0.15) is 0 Å². The van der Waals surface area contributed by atoms with Gasteiger partial charge in [0, 0.05) is 6.54 Å². The molecule has 2 aromatic carbocycles. The molecule has 0 saturated carbocycles. The highest BCUT2D eigenvalue weighted by Crippen LogP contribution is 2.16. The molecular weight excluding hydrogens is 218 g/mol. The van der Waals surface area contributed by atoms with Crippen molar-refractivity contribution in [3.63, 3.8) is 0 Å². The van der Waals surface area contributed by atoms with E-state index < -0.39 is 0 Å². The molecular formula is C17H25N. The Bertz CT molecular complexity index is 458. The normalized spacial score (nSPS) is 10.3. The van der Waals surface area contributed by atoms with Gasteiger partial charge in [-0.3, -0.25) is 4.90 Å². The quantitative estimate of drug-likeness (QED) is 0.752. The molecule has 0 aliphatic carbocycles. The molecule has 0 bridgehead atoms. The van der Waals surface area contributed by atoms with Crippen molar-refractivity contribution in [3.8, 4) is 0 Å². The van der Waals surface area contributed by atoms with Gasteiger partial charge in [0.15, 0.2) is 0 Å². The van der Waals surface area contributed by atoms with Crippen molar-refractivity contribution in [2.75, 3.05) is 13.1 Å². The van der Waals surface area contributed by atoms with Gasteiger partial charge in [-0.15, -0.1) is 0 Å². The maximum atomic E-state index is 2.43. The highest BCUT2D eigenvalue weighted by molar-refractivity contribution is 5.82. The van der Waals surface area contributed by atoms with Gasteiger partial charge in [0.2, 0.25) is 0 Å². The molecule has 0 fully saturated rings. The van der Waals surface area contributed by atoms with E-state index in [1.165, 1.54) is 16.3 Å². The molecule has 0 aromatic heterocycles. The third-order valence-electron chi connectivity index (χ3n) is 3.11. The first-order valence-corrected chi connectivity index (χ1v) is 7.03. The van der Waals surface area contributed by atoms with Gasteiger partial charge in [-0.2, -0.15) is 0 Å². The number of rotatable bonds is 4. The predicted octanol–water partition coefficient (Wildman–Crippen LogP) is 4.71. The minimum absolute atomic E-state index is 1.05. The highest BCUT2D eigenvalue weighted by atomic mass is 15.1. The Labute approximate surface area is 111 Å². The van der Waals surface area contributed by atoms with Crippen LogP contribution in [0.4, 0.5) is 0 Å². The SMILES string of the molecule is CC.CCN(CC)Cc1ccc2ccccc2c1. The van der Waals surface area contributed by atoms with Crippen molar-refractivity contribution in [2.45, 2.75) is 34.2 Å². The second-order valence-electron chi connectivity index (χ2n) is 4.14. The molecule has 0 unspecified atom stereocenters. The molecule has 0 saturated heterocycles. The zero-order chi connectivity index (χ0) is 13.4. The molecule has 0 amide bonds. The minimum atomic E-state index is 1.05. The summed E-state index contributed by atoms with van der Waals surface area (Å²) in [6.45, 7) is 11.7. The largest absolute Gasteiger partial charge is 0.300 e. The fourth-order valence-corrected chi connectivity index (χ4v) is 2.04. The van der Waals surface area contributed by atoms with Crippen LogP contribution < -0.4 is 0 Å². The van der Waals surface area contributed by atoms with Crippen LogP contribution in [0.2, 0.25) is 0 Å². The molecule has 1 nitrogen and oxygen atoms in total. The van der Waals surface area contributed by atoms with Crippen molar-refractivity contribution in [2.24, 2.45) is 0 Å². The fourth-order valence-electron chi connectivity index (χ4n) is 2.04. The first-order valence-electron chi connectivity index (χ1n) is 7.03. The molecule has 0 heterocycles. The van der Waals surface area contributed by atoms with Gasteiger partial charge in [-0.25, -0.2) is 0 Å². The molecule has 0 aliphatic rings. The van der Waals surface area contributed by atoms with E-state index in [0.717, 1.165) is 19.6 Å². The van der Waals surface area contributed by atoms with E-state index in [-0.39, 0.29) is 0 Å². The van der Waals surface area contributed by atoms with Crippen molar-refractivity contribution in [1.82, 2.24) is 4.90 Å². The summed E-state index contributed by atoms with van der Waals surface area (Å²) in [4.78, 5) is 2.43. The maximum Gasteiger partial charge on any atom is 0.0233 e. The van der Waals surface area contributed by atoms with Gasteiger partial charge in [-0.1, -0.05) is 64.1 Å². The zero-order valence-corrected chi connectivity index (χ0v) is 12.1. The van der Waals surface area contributed by atoms with Gasteiger partial charge >= 0.3 is 0 Å². The van der Waals surface area contributed by atoms with E-state index in [4.69, 9.17) is 0 Å². The van der Waals surface area contributed by atoms with Crippen LogP contribution in [0.15, 0.2) is 42.5 Å². The third-order valence-corrected chi connectivity index (χ3v) is 3.11. The lowest BCUT2D eigenvalue weighted by Gasteiger charge is -2.18. The zero-order valence-electron chi connectivity index (χ0n) is 12.1. The average molecular weight is 243 g/mol. The average Bonchev–Trinajstić information content (AvgIpc) is 2.46. The highest BCUT2D eigenvalue weighted by Gasteiger charge is 2.01. The van der Waals surface area contributed by atoms with Crippen molar-refractivity contribution in [3.05, 3.63) is 48.0 Å². The van der Waals surface area contributed by atoms with Crippen molar-refractivity contribution in [1.29, 1.82) is 0 Å². The van der Waals surface area contributed by atoms with Crippen LogP contribution in [0, 0.1) is 0 Å². The molecule has 0 aliphatic heterocycles. The van der Waals surface area contributed by atoms with Crippen LogP contribution in [0.3, 0.4) is 0 Å². The standard InChI is InChI=1S/C15H19N.C2H6/c1-3-16(4-2)12-13-9-10-14-7-5-6-8-15(14)11-13;1-2/h5-11H,3-4,12H2,1-2H3;1-2H3. The predicted molar refractivity (Wildman–Crippen MR) is 81.9 cm³/mol. The summed E-state index contributed by atoms with van der Waals surface area (Å²) >= 11 is 0. The monoisotopic (exact) mass is 243 g/mol. The molecule has 2 aromatic rings. The minimum Gasteiger partial charge on any atom is -0.300 e. The van der Waals surface area contributed by atoms with E-state index >= 15 is 0 Å². The molecule has 0 N–H and O–H groups in total. The summed E-state index contributed by atoms with van der Waals surface area (Å²) in [5.41, 5.74) is 1.41. The topological polar surface area (TPSA) is 3.24 Å². The number of fused-ring (bicyclic) bond motifs is 1. The van der Waals surface area contributed by atoms with Crippen LogP contribution >= 0.6 is 0 Å². The molecule has 18 heavy (non-hydrogen) atoms. The molecule has 0 radical (unpaired) electrons. The Morgan fingerprint density at radius 1 is 0.833 bits per heavy atom. The summed E-state index contributed by atoms with van der Waals surface area (Å²) < 4.78 is 0. The first-order chi connectivity index (χ1) is 8.83. The summed E-state index contributed by atoms with van der Waals surface area (Å²) in [5.74, 6) is 0. The Morgan fingerprint density at radius 3 is 2.06 bits per heavy atom. The van der Waals surface area contributed by atoms with Gasteiger partial charge in [-0.05, 0) is 35.5 Å². The van der Waals surface area contributed by atoms with E-state index in [2.05, 4.69) is 61.2 Å². The molecule has 98 valence electrons. The van der Waals surface area contributed by atoms with Crippen LogP contribution in [0.5, 0.6) is 0 Å². The van der Waals surface area contributed by atoms with Crippen molar-refractivity contribution >= 4 is 10.8 Å². The molecule has 1 heteroatoms. The summed E-state index contributed by atoms with van der Waals surface area (Å²) in [6, 6.07) is 15.3. The molecule has 0 spiro atoms. The molecule has 2 rings (SSSR count). The molecule has 0 atom stereocenters. The lowest BCUT2D eigenvalue weighted by atomic mass is 10.1. The van der Waals surface area contributed by atoms with Gasteiger partial charge in [0.25, 0.3) is 0 Å². The smallest absolute Gasteiger partial charge is 0.0233 e. The third kappa shape index (κ3) is 3.85. The summed E-state index contributed by atoms with van der Waals surface area (Å²) in [7, 11) is 0. The number of hydrogen-bond donors (Lipinski definition) is 0. The van der Waals surface area contributed by atoms with E-state index in [1.807, 2.05) is 13.8 Å². The first kappa shape index (κ1) is 14.7. The fraction of sp³-hybridized carbons (Fsp3) is 0.412. The Balaban J connectivity index is 0.000000771. The van der Waals surface area contributed by atoms with Crippen LogP contribution in [-0.2, 0) is 6.54 Å². The lowest BCUT2D eigenvalue weighted by Crippen LogP contribution is -2.21. The van der Waals surface area contributed by atoms with Gasteiger partial charge in [0.05, 0.1) is 0 Å². The number of benzene rings is 2. The van der Waals surface area contributed by atoms with E-state index in [1.54, 1.807) is 0 Å². The number of hydrogen-bond acceptors (Lipinski definition) is 1. The maximum absolute atomic E-state index is 2.43. The second-order valence-corrected chi connectivity index (χ2v) is 4.14. The van der Waals surface area contributed by atoms with Crippen LogP contribution in [0.25, 0.3) is 10.8 Å². The van der Waals surface area contributed by atoms with Crippen LogP contribution in [-0.4, -0.2) is 18.0 Å². The van der Waals surface area contributed by atoms with Crippen LogP contribution in [0.1, 0.15) is 33.3 Å². The van der Waals surface area contributed by atoms with E-state index in [0.29, 0.717) is 0 Å². The summed E-state index contributed by atoms with van der Waals surface area (Å²) in [6.07, 6.45) is 0. The Kier molecular flexibility index (Phi) is 6.45. The summed E-state index contributed by atoms with van der Waals surface area (Å²) in [5, 5.41) is 2.66. The van der Waals surface area contributed by atoms with Crippen molar-refractivity contribution < 1.29 is 0 Å². The Morgan fingerprint density at radius 2 is 1.44 bits per heavy atom. The second kappa shape index (κ2) is 7.88. The Hall–Kier alpha value is -1.34.